The Morgan fingerprint density at radius 2 is 1.68 bits per heavy atom. The molecule has 0 aromatic carbocycles. The van der Waals surface area contributed by atoms with Gasteiger partial charge in [-0.2, -0.15) is 0 Å². The highest BCUT2D eigenvalue weighted by Crippen LogP contribution is 2.09. The molecule has 0 aliphatic carbocycles. The fourth-order valence-electron chi connectivity index (χ4n) is 2.83. The van der Waals surface area contributed by atoms with E-state index in [1.165, 1.54) is 0 Å². The summed E-state index contributed by atoms with van der Waals surface area (Å²) in [5, 5.41) is 27.6. The molecule has 0 bridgehead atoms. The lowest BCUT2D eigenvalue weighted by Gasteiger charge is -2.24. The van der Waals surface area contributed by atoms with Gasteiger partial charge in [-0.05, 0) is 31.7 Å². The average molecular weight is 400 g/mol. The molecule has 3 amide bonds. The van der Waals surface area contributed by atoms with E-state index in [0.717, 1.165) is 6.42 Å². The van der Waals surface area contributed by atoms with Crippen molar-refractivity contribution in [3.05, 3.63) is 0 Å². The van der Waals surface area contributed by atoms with E-state index in [4.69, 9.17) is 10.2 Å². The number of aliphatic carboxylic acids is 2. The normalized spacial score (nSPS) is 18.2. The number of nitrogens with one attached hydrogen (secondary N) is 4. The van der Waals surface area contributed by atoms with Gasteiger partial charge in [0.25, 0.3) is 0 Å². The van der Waals surface area contributed by atoms with Crippen molar-refractivity contribution in [1.29, 1.82) is 0 Å². The molecule has 158 valence electrons. The van der Waals surface area contributed by atoms with Crippen LogP contribution in [0.1, 0.15) is 39.5 Å². The van der Waals surface area contributed by atoms with Crippen LogP contribution in [-0.4, -0.2) is 71.1 Å². The van der Waals surface area contributed by atoms with Crippen molar-refractivity contribution in [3.8, 4) is 0 Å². The fourth-order valence-corrected chi connectivity index (χ4v) is 2.83. The number of hydrogen-bond donors (Lipinski definition) is 6. The highest BCUT2D eigenvalue weighted by Gasteiger charge is 2.31. The second kappa shape index (κ2) is 11.2. The van der Waals surface area contributed by atoms with Crippen molar-refractivity contribution >= 4 is 29.7 Å². The van der Waals surface area contributed by atoms with Crippen molar-refractivity contribution < 1.29 is 34.2 Å². The van der Waals surface area contributed by atoms with Crippen LogP contribution in [0.25, 0.3) is 0 Å². The molecule has 0 radical (unpaired) electrons. The van der Waals surface area contributed by atoms with Crippen molar-refractivity contribution in [2.45, 2.75) is 57.7 Å². The second-order valence-corrected chi connectivity index (χ2v) is 7.11. The number of carbonyl (C=O) groups is 5. The second-order valence-electron chi connectivity index (χ2n) is 7.11. The Labute approximate surface area is 162 Å². The lowest BCUT2D eigenvalue weighted by Crippen LogP contribution is -2.56. The van der Waals surface area contributed by atoms with E-state index >= 15 is 0 Å². The van der Waals surface area contributed by atoms with Crippen molar-refractivity contribution in [2.75, 3.05) is 13.1 Å². The number of carboxylic acid groups (broad SMARTS) is 2. The van der Waals surface area contributed by atoms with E-state index in [2.05, 4.69) is 16.0 Å². The first-order chi connectivity index (χ1) is 13.1. The molecule has 0 saturated carbocycles. The SMILES string of the molecule is CC(C)CC(NC(=O)C1CCCN1)C(=O)NC(CC(=O)O)C(=O)NCC(=O)O. The largest absolute Gasteiger partial charge is 0.481 e. The summed E-state index contributed by atoms with van der Waals surface area (Å²) in [6.45, 7) is 3.72. The summed E-state index contributed by atoms with van der Waals surface area (Å²) in [5.41, 5.74) is 0. The van der Waals surface area contributed by atoms with Crippen molar-refractivity contribution in [2.24, 2.45) is 5.92 Å². The third-order valence-corrected chi connectivity index (χ3v) is 4.14. The van der Waals surface area contributed by atoms with Crippen LogP contribution in [0.15, 0.2) is 0 Å². The van der Waals surface area contributed by atoms with E-state index in [0.29, 0.717) is 19.4 Å². The molecule has 1 saturated heterocycles. The first kappa shape index (κ1) is 23.3. The number of rotatable bonds is 11. The summed E-state index contributed by atoms with van der Waals surface area (Å²) in [4.78, 5) is 58.6. The van der Waals surface area contributed by atoms with Gasteiger partial charge in [-0.15, -0.1) is 0 Å². The average Bonchev–Trinajstić information content (AvgIpc) is 3.12. The minimum Gasteiger partial charge on any atom is -0.481 e. The smallest absolute Gasteiger partial charge is 0.322 e. The molecule has 3 unspecified atom stereocenters. The summed E-state index contributed by atoms with van der Waals surface area (Å²) in [6.07, 6.45) is 1.08. The van der Waals surface area contributed by atoms with Gasteiger partial charge in [-0.1, -0.05) is 13.8 Å². The number of hydrogen-bond acceptors (Lipinski definition) is 6. The summed E-state index contributed by atoms with van der Waals surface area (Å²) in [7, 11) is 0. The van der Waals surface area contributed by atoms with Crippen LogP contribution in [0.5, 0.6) is 0 Å². The molecule has 1 rings (SSSR count). The maximum Gasteiger partial charge on any atom is 0.322 e. The highest BCUT2D eigenvalue weighted by atomic mass is 16.4. The molecule has 1 aliphatic rings. The molecule has 3 atom stereocenters. The van der Waals surface area contributed by atoms with Gasteiger partial charge >= 0.3 is 11.9 Å². The van der Waals surface area contributed by atoms with Gasteiger partial charge in [0.15, 0.2) is 0 Å². The molecule has 0 spiro atoms. The maximum absolute atomic E-state index is 12.6. The molecular formula is C17H28N4O7. The van der Waals surface area contributed by atoms with E-state index in [-0.39, 0.29) is 11.8 Å². The monoisotopic (exact) mass is 400 g/mol. The molecule has 6 N–H and O–H groups in total. The molecule has 11 nitrogen and oxygen atoms in total. The molecule has 11 heteroatoms. The molecule has 1 heterocycles. The Morgan fingerprint density at radius 1 is 1.00 bits per heavy atom. The lowest BCUT2D eigenvalue weighted by atomic mass is 10.0. The van der Waals surface area contributed by atoms with Crippen molar-refractivity contribution in [1.82, 2.24) is 21.3 Å². The zero-order valence-corrected chi connectivity index (χ0v) is 16.0. The van der Waals surface area contributed by atoms with Crippen molar-refractivity contribution in [3.63, 3.8) is 0 Å². The standard InChI is InChI=1S/C17H28N4O7/c1-9(2)6-11(20-16(27)10-4-3-5-18-10)17(28)21-12(7-13(22)23)15(26)19-8-14(24)25/h9-12,18H,3-8H2,1-2H3,(H,19,26)(H,20,27)(H,21,28)(H,22,23)(H,24,25). The predicted octanol–water partition coefficient (Wildman–Crippen LogP) is -1.57. The maximum atomic E-state index is 12.6. The summed E-state index contributed by atoms with van der Waals surface area (Å²) in [5.74, 6) is -4.55. The molecule has 0 aromatic rings. The van der Waals surface area contributed by atoms with Crippen LogP contribution in [0, 0.1) is 5.92 Å². The zero-order valence-electron chi connectivity index (χ0n) is 16.0. The van der Waals surface area contributed by atoms with Gasteiger partial charge in [0.1, 0.15) is 18.6 Å². The zero-order chi connectivity index (χ0) is 21.3. The van der Waals surface area contributed by atoms with Crippen LogP contribution in [0.4, 0.5) is 0 Å². The van der Waals surface area contributed by atoms with Crippen LogP contribution >= 0.6 is 0 Å². The quantitative estimate of drug-likeness (QED) is 0.241. The number of amides is 3. The summed E-state index contributed by atoms with van der Waals surface area (Å²) < 4.78 is 0. The molecule has 28 heavy (non-hydrogen) atoms. The Hall–Kier alpha value is -2.69. The summed E-state index contributed by atoms with van der Waals surface area (Å²) >= 11 is 0. The van der Waals surface area contributed by atoms with Gasteiger partial charge in [-0.25, -0.2) is 0 Å². The molecule has 0 aromatic heterocycles. The molecular weight excluding hydrogens is 372 g/mol. The van der Waals surface area contributed by atoms with Gasteiger partial charge in [0.2, 0.25) is 17.7 Å². The Morgan fingerprint density at radius 3 is 2.18 bits per heavy atom. The van der Waals surface area contributed by atoms with E-state index < -0.39 is 54.8 Å². The third kappa shape index (κ3) is 8.33. The number of carbonyl (C=O) groups excluding carboxylic acids is 3. The van der Waals surface area contributed by atoms with E-state index in [1.54, 1.807) is 0 Å². The van der Waals surface area contributed by atoms with Crippen LogP contribution in [0.3, 0.4) is 0 Å². The lowest BCUT2D eigenvalue weighted by molar-refractivity contribution is -0.141. The Bertz CT molecular complexity index is 602. The first-order valence-electron chi connectivity index (χ1n) is 9.15. The Kier molecular flexibility index (Phi) is 9.36. The highest BCUT2D eigenvalue weighted by molar-refractivity contribution is 5.95. The van der Waals surface area contributed by atoms with Gasteiger partial charge in [0, 0.05) is 0 Å². The van der Waals surface area contributed by atoms with Gasteiger partial charge in [0.05, 0.1) is 12.5 Å². The first-order valence-corrected chi connectivity index (χ1v) is 9.15. The number of carboxylic acids is 2. The minimum absolute atomic E-state index is 0.0475. The van der Waals surface area contributed by atoms with Gasteiger partial charge in [-0.3, -0.25) is 24.0 Å². The molecule has 1 aliphatic heterocycles. The fraction of sp³-hybridized carbons (Fsp3) is 0.706. The summed E-state index contributed by atoms with van der Waals surface area (Å²) in [6, 6.07) is -2.80. The van der Waals surface area contributed by atoms with Crippen LogP contribution in [0.2, 0.25) is 0 Å². The van der Waals surface area contributed by atoms with E-state index in [9.17, 15) is 24.0 Å². The van der Waals surface area contributed by atoms with Crippen LogP contribution in [-0.2, 0) is 24.0 Å². The third-order valence-electron chi connectivity index (χ3n) is 4.14. The van der Waals surface area contributed by atoms with Crippen LogP contribution < -0.4 is 21.3 Å². The Balaban J connectivity index is 2.81. The topological polar surface area (TPSA) is 174 Å². The minimum atomic E-state index is -1.46. The van der Waals surface area contributed by atoms with Gasteiger partial charge < -0.3 is 31.5 Å². The van der Waals surface area contributed by atoms with E-state index in [1.807, 2.05) is 19.2 Å². The predicted molar refractivity (Wildman–Crippen MR) is 97.2 cm³/mol. The molecule has 1 fully saturated rings.